The fourth-order valence-corrected chi connectivity index (χ4v) is 4.45. The minimum atomic E-state index is 0.272. The number of amides is 1. The molecule has 0 bridgehead atoms. The molecule has 2 unspecified atom stereocenters. The first-order valence-corrected chi connectivity index (χ1v) is 8.98. The number of likely N-dealkylation sites (tertiary alicyclic amines) is 1. The molecule has 2 heterocycles. The predicted octanol–water partition coefficient (Wildman–Crippen LogP) is 3.44. The van der Waals surface area contributed by atoms with Gasteiger partial charge >= 0.3 is 0 Å². The molecule has 2 rings (SSSR count). The van der Waals surface area contributed by atoms with Gasteiger partial charge < -0.3 is 4.90 Å². The Bertz CT molecular complexity index is 256. The van der Waals surface area contributed by atoms with Crippen LogP contribution in [-0.2, 0) is 4.79 Å². The van der Waals surface area contributed by atoms with Crippen LogP contribution in [0.25, 0.3) is 0 Å². The Kier molecular flexibility index (Phi) is 5.67. The number of carbonyl (C=O) groups is 1. The quantitative estimate of drug-likeness (QED) is 0.740. The average Bonchev–Trinajstić information content (AvgIpc) is 2.84. The first-order valence-electron chi connectivity index (χ1n) is 6.81. The lowest BCUT2D eigenvalue weighted by molar-refractivity contribution is -0.131. The standard InChI is InChI=1S/C13H22BrNOS/c14-8-3-5-11-6-4-9-15(11)13(16)12-7-1-2-10-17-12/h11-12H,1-10H2. The molecule has 98 valence electrons. The van der Waals surface area contributed by atoms with Crippen LogP contribution >= 0.6 is 27.7 Å². The highest BCUT2D eigenvalue weighted by molar-refractivity contribution is 9.09. The molecule has 2 aliphatic rings. The summed E-state index contributed by atoms with van der Waals surface area (Å²) in [6.45, 7) is 1.00. The van der Waals surface area contributed by atoms with Crippen molar-refractivity contribution in [2.45, 2.75) is 56.2 Å². The zero-order valence-electron chi connectivity index (χ0n) is 10.4. The largest absolute Gasteiger partial charge is 0.339 e. The van der Waals surface area contributed by atoms with Gasteiger partial charge in [-0.1, -0.05) is 22.4 Å². The maximum Gasteiger partial charge on any atom is 0.235 e. The van der Waals surface area contributed by atoms with Crippen LogP contribution in [-0.4, -0.2) is 39.7 Å². The minimum Gasteiger partial charge on any atom is -0.339 e. The SMILES string of the molecule is O=C(C1CCCCS1)N1CCCC1CCCBr. The van der Waals surface area contributed by atoms with Crippen LogP contribution in [0.2, 0.25) is 0 Å². The third-order valence-electron chi connectivity index (χ3n) is 3.79. The van der Waals surface area contributed by atoms with Crippen LogP contribution in [0, 0.1) is 0 Å². The Morgan fingerprint density at radius 3 is 2.88 bits per heavy atom. The van der Waals surface area contributed by atoms with Crippen LogP contribution in [0.15, 0.2) is 0 Å². The van der Waals surface area contributed by atoms with E-state index in [2.05, 4.69) is 20.8 Å². The van der Waals surface area contributed by atoms with Crippen molar-refractivity contribution in [3.8, 4) is 0 Å². The monoisotopic (exact) mass is 319 g/mol. The Morgan fingerprint density at radius 1 is 1.29 bits per heavy atom. The van der Waals surface area contributed by atoms with E-state index in [-0.39, 0.29) is 5.25 Å². The molecule has 2 saturated heterocycles. The number of alkyl halides is 1. The molecule has 0 aliphatic carbocycles. The van der Waals surface area contributed by atoms with Gasteiger partial charge in [-0.05, 0) is 44.3 Å². The van der Waals surface area contributed by atoms with Crippen LogP contribution < -0.4 is 0 Å². The molecule has 17 heavy (non-hydrogen) atoms. The lowest BCUT2D eigenvalue weighted by Gasteiger charge is -2.30. The summed E-state index contributed by atoms with van der Waals surface area (Å²) >= 11 is 5.37. The fraction of sp³-hybridized carbons (Fsp3) is 0.923. The fourth-order valence-electron chi connectivity index (χ4n) is 2.86. The second-order valence-electron chi connectivity index (χ2n) is 5.01. The van der Waals surface area contributed by atoms with Gasteiger partial charge in [-0.2, -0.15) is 0 Å². The van der Waals surface area contributed by atoms with Crippen molar-refractivity contribution in [2.75, 3.05) is 17.6 Å². The summed E-state index contributed by atoms with van der Waals surface area (Å²) < 4.78 is 0. The van der Waals surface area contributed by atoms with Crippen molar-refractivity contribution in [3.05, 3.63) is 0 Å². The molecule has 0 spiro atoms. The zero-order chi connectivity index (χ0) is 12.1. The van der Waals surface area contributed by atoms with Gasteiger partial charge in [0.05, 0.1) is 5.25 Å². The molecule has 2 atom stereocenters. The van der Waals surface area contributed by atoms with Gasteiger partial charge in [0, 0.05) is 17.9 Å². The zero-order valence-corrected chi connectivity index (χ0v) is 12.8. The van der Waals surface area contributed by atoms with Gasteiger partial charge in [0.15, 0.2) is 0 Å². The summed E-state index contributed by atoms with van der Waals surface area (Å²) in [6, 6.07) is 0.530. The van der Waals surface area contributed by atoms with E-state index in [1.165, 1.54) is 44.3 Å². The highest BCUT2D eigenvalue weighted by atomic mass is 79.9. The second-order valence-corrected chi connectivity index (χ2v) is 7.12. The number of halogens is 1. The third kappa shape index (κ3) is 3.63. The molecule has 0 saturated carbocycles. The van der Waals surface area contributed by atoms with E-state index in [0.29, 0.717) is 11.9 Å². The van der Waals surface area contributed by atoms with Gasteiger partial charge in [0.1, 0.15) is 0 Å². The molecule has 0 radical (unpaired) electrons. The van der Waals surface area contributed by atoms with E-state index in [4.69, 9.17) is 0 Å². The van der Waals surface area contributed by atoms with Gasteiger partial charge in [-0.15, -0.1) is 11.8 Å². The van der Waals surface area contributed by atoms with E-state index < -0.39 is 0 Å². The molecule has 0 aromatic carbocycles. The van der Waals surface area contributed by atoms with Crippen molar-refractivity contribution >= 4 is 33.6 Å². The number of hydrogen-bond donors (Lipinski definition) is 0. The van der Waals surface area contributed by atoms with Gasteiger partial charge in [-0.25, -0.2) is 0 Å². The van der Waals surface area contributed by atoms with Crippen molar-refractivity contribution in [2.24, 2.45) is 0 Å². The van der Waals surface area contributed by atoms with Crippen LogP contribution in [0.4, 0.5) is 0 Å². The maximum atomic E-state index is 12.5. The average molecular weight is 320 g/mol. The number of thioether (sulfide) groups is 1. The summed E-state index contributed by atoms with van der Waals surface area (Å²) in [7, 11) is 0. The Morgan fingerprint density at radius 2 is 2.18 bits per heavy atom. The van der Waals surface area contributed by atoms with E-state index in [9.17, 15) is 4.79 Å². The number of hydrogen-bond acceptors (Lipinski definition) is 2. The van der Waals surface area contributed by atoms with E-state index >= 15 is 0 Å². The lowest BCUT2D eigenvalue weighted by atomic mass is 10.1. The van der Waals surface area contributed by atoms with Crippen molar-refractivity contribution in [1.29, 1.82) is 0 Å². The van der Waals surface area contributed by atoms with Crippen LogP contribution in [0.5, 0.6) is 0 Å². The van der Waals surface area contributed by atoms with Gasteiger partial charge in [-0.3, -0.25) is 4.79 Å². The van der Waals surface area contributed by atoms with Gasteiger partial charge in [0.2, 0.25) is 5.91 Å². The smallest absolute Gasteiger partial charge is 0.235 e. The normalized spacial score (nSPS) is 29.6. The molecule has 2 aliphatic heterocycles. The minimum absolute atomic E-state index is 0.272. The Hall–Kier alpha value is 0.300. The lowest BCUT2D eigenvalue weighted by Crippen LogP contribution is -2.41. The Labute approximate surface area is 117 Å². The molecule has 0 aromatic heterocycles. The second kappa shape index (κ2) is 7.03. The molecule has 0 N–H and O–H groups in total. The number of carbonyl (C=O) groups excluding carboxylic acids is 1. The molecule has 2 nitrogen and oxygen atoms in total. The molecular weight excluding hydrogens is 298 g/mol. The van der Waals surface area contributed by atoms with Crippen molar-refractivity contribution < 1.29 is 4.79 Å². The summed E-state index contributed by atoms with van der Waals surface area (Å²) in [4.78, 5) is 14.7. The molecule has 0 aromatic rings. The van der Waals surface area contributed by atoms with Crippen molar-refractivity contribution in [1.82, 2.24) is 4.90 Å². The highest BCUT2D eigenvalue weighted by Crippen LogP contribution is 2.30. The summed E-state index contributed by atoms with van der Waals surface area (Å²) in [5.41, 5.74) is 0. The predicted molar refractivity (Wildman–Crippen MR) is 77.9 cm³/mol. The highest BCUT2D eigenvalue weighted by Gasteiger charge is 2.33. The maximum absolute atomic E-state index is 12.5. The van der Waals surface area contributed by atoms with Gasteiger partial charge in [0.25, 0.3) is 0 Å². The topological polar surface area (TPSA) is 20.3 Å². The summed E-state index contributed by atoms with van der Waals surface area (Å²) in [5.74, 6) is 1.61. The number of rotatable bonds is 4. The van der Waals surface area contributed by atoms with E-state index in [1.807, 2.05) is 11.8 Å². The van der Waals surface area contributed by atoms with E-state index in [1.54, 1.807) is 0 Å². The Balaban J connectivity index is 1.88. The molecule has 4 heteroatoms. The van der Waals surface area contributed by atoms with Crippen LogP contribution in [0.3, 0.4) is 0 Å². The third-order valence-corrected chi connectivity index (χ3v) is 5.71. The first-order chi connectivity index (χ1) is 8.33. The molecule has 2 fully saturated rings. The van der Waals surface area contributed by atoms with Crippen LogP contribution in [0.1, 0.15) is 44.9 Å². The van der Waals surface area contributed by atoms with Crippen molar-refractivity contribution in [3.63, 3.8) is 0 Å². The molecule has 1 amide bonds. The van der Waals surface area contributed by atoms with E-state index in [0.717, 1.165) is 18.3 Å². The molecular formula is C13H22BrNOS. The summed E-state index contributed by atoms with van der Waals surface area (Å²) in [5, 5.41) is 1.33. The summed E-state index contributed by atoms with van der Waals surface area (Å²) in [6.07, 6.45) is 8.42. The number of nitrogens with zero attached hydrogens (tertiary/aromatic N) is 1. The first kappa shape index (κ1) is 13.7.